The van der Waals surface area contributed by atoms with Gasteiger partial charge in [0, 0.05) is 67.0 Å². The van der Waals surface area contributed by atoms with Crippen molar-refractivity contribution in [2.24, 2.45) is 11.3 Å². The van der Waals surface area contributed by atoms with Gasteiger partial charge in [0.25, 0.3) is 5.91 Å². The number of carbonyl (C=O) groups is 2. The first kappa shape index (κ1) is 33.2. The molecule has 1 N–H and O–H groups in total. The van der Waals surface area contributed by atoms with E-state index in [4.69, 9.17) is 9.15 Å². The van der Waals surface area contributed by atoms with Crippen molar-refractivity contribution in [3.8, 4) is 0 Å². The highest BCUT2D eigenvalue weighted by molar-refractivity contribution is 7.90. The van der Waals surface area contributed by atoms with Crippen molar-refractivity contribution in [3.05, 3.63) is 64.2 Å². The van der Waals surface area contributed by atoms with Crippen molar-refractivity contribution in [1.29, 1.82) is 0 Å². The molecule has 3 fully saturated rings. The molecule has 0 radical (unpaired) electrons. The summed E-state index contributed by atoms with van der Waals surface area (Å²) in [6, 6.07) is 5.63. The second-order valence-electron chi connectivity index (χ2n) is 15.3. The topological polar surface area (TPSA) is 137 Å². The van der Waals surface area contributed by atoms with Gasteiger partial charge in [0.1, 0.15) is 0 Å². The number of ether oxygens (including phenoxy) is 1. The molecule has 12 heteroatoms. The Morgan fingerprint density at radius 2 is 1.80 bits per heavy atom. The number of amides is 2. The number of aryl methyl sites for hydroxylation is 1. The van der Waals surface area contributed by atoms with Crippen LogP contribution in [0, 0.1) is 18.3 Å². The number of nitrogens with zero attached hydrogens (tertiary/aromatic N) is 4. The van der Waals surface area contributed by atoms with Crippen LogP contribution in [0.15, 0.2) is 40.0 Å². The van der Waals surface area contributed by atoms with E-state index < -0.39 is 26.6 Å². The van der Waals surface area contributed by atoms with Crippen LogP contribution in [-0.2, 0) is 26.1 Å². The molecule has 2 atom stereocenters. The number of sulfonamides is 1. The van der Waals surface area contributed by atoms with Crippen molar-refractivity contribution in [2.75, 3.05) is 20.2 Å². The van der Waals surface area contributed by atoms with Crippen LogP contribution < -0.4 is 4.72 Å². The fourth-order valence-corrected chi connectivity index (χ4v) is 9.78. The SMILES string of the molecule is COC1=CC2=C(CC1)c1c(C3CCCCC3)c3ccc(C(=O)NS(=O)(=O)C(C)C)cc3n1CC1(C(=O)N3CCC(c4nnc(C)o4)CC3)CC21. The van der Waals surface area contributed by atoms with Gasteiger partial charge in [-0.1, -0.05) is 25.3 Å². The number of methoxy groups -OCH3 is 1. The Balaban J connectivity index is 1.23. The molecular formula is C38H47N5O6S. The minimum atomic E-state index is -3.81. The van der Waals surface area contributed by atoms with E-state index in [9.17, 15) is 18.0 Å². The predicted molar refractivity (Wildman–Crippen MR) is 189 cm³/mol. The molecular weight excluding hydrogens is 655 g/mol. The molecule has 0 bridgehead atoms. The van der Waals surface area contributed by atoms with Gasteiger partial charge in [-0.25, -0.2) is 13.1 Å². The molecule has 50 heavy (non-hydrogen) atoms. The molecule has 2 aromatic heterocycles. The fraction of sp³-hybridized carbons (Fsp3) is 0.579. The summed E-state index contributed by atoms with van der Waals surface area (Å²) in [4.78, 5) is 30.3. The van der Waals surface area contributed by atoms with Crippen molar-refractivity contribution in [3.63, 3.8) is 0 Å². The van der Waals surface area contributed by atoms with Crippen LogP contribution in [0.25, 0.3) is 16.5 Å². The minimum absolute atomic E-state index is 0.0728. The monoisotopic (exact) mass is 701 g/mol. The smallest absolute Gasteiger partial charge is 0.264 e. The first-order chi connectivity index (χ1) is 24.0. The Morgan fingerprint density at radius 3 is 2.48 bits per heavy atom. The standard InChI is InChI=1S/C38H47N5O6S/c1-22(2)50(46,47)41-35(44)26-10-12-29-32(18-26)43-21-38(37(45)42-16-14-25(15-17-42)36-40-39-23(3)49-36)20-31(38)30-19-27(48-4)11-13-28(30)34(43)33(29)24-8-6-5-7-9-24/h10,12,18-19,22,24-25,31H,5-9,11,13-17,20-21H2,1-4H3,(H,41,44). The maximum atomic E-state index is 14.8. The molecule has 2 amide bonds. The zero-order valence-electron chi connectivity index (χ0n) is 29.5. The average molecular weight is 702 g/mol. The summed E-state index contributed by atoms with van der Waals surface area (Å²) in [6.45, 7) is 6.68. The number of hydrogen-bond donors (Lipinski definition) is 1. The third-order valence-corrected chi connectivity index (χ3v) is 13.8. The second-order valence-corrected chi connectivity index (χ2v) is 17.6. The van der Waals surface area contributed by atoms with Crippen LogP contribution in [0.1, 0.15) is 123 Å². The van der Waals surface area contributed by atoms with E-state index in [-0.39, 0.29) is 17.7 Å². The Bertz CT molecular complexity index is 2040. The molecule has 3 aromatic rings. The maximum absolute atomic E-state index is 14.8. The fourth-order valence-electron chi connectivity index (χ4n) is 9.16. The van der Waals surface area contributed by atoms with Crippen LogP contribution in [-0.4, -0.2) is 65.3 Å². The van der Waals surface area contributed by atoms with Crippen LogP contribution in [0.5, 0.6) is 0 Å². The summed E-state index contributed by atoms with van der Waals surface area (Å²) in [5, 5.41) is 8.63. The Kier molecular flexibility index (Phi) is 8.23. The van der Waals surface area contributed by atoms with Crippen molar-refractivity contribution in [1.82, 2.24) is 24.4 Å². The average Bonchev–Trinajstić information content (AvgIpc) is 3.58. The van der Waals surface area contributed by atoms with Gasteiger partial charge in [0.15, 0.2) is 0 Å². The van der Waals surface area contributed by atoms with Gasteiger partial charge in [-0.15, -0.1) is 10.2 Å². The molecule has 1 aromatic carbocycles. The lowest BCUT2D eigenvalue weighted by Gasteiger charge is -2.34. The molecule has 266 valence electrons. The highest BCUT2D eigenvalue weighted by atomic mass is 32.2. The second kappa shape index (κ2) is 12.4. The number of allylic oxidation sites excluding steroid dienone is 4. The van der Waals surface area contributed by atoms with E-state index in [0.29, 0.717) is 42.9 Å². The number of benzene rings is 1. The normalized spacial score (nSPS) is 24.4. The molecule has 2 saturated carbocycles. The van der Waals surface area contributed by atoms with Gasteiger partial charge in [-0.3, -0.25) is 9.59 Å². The van der Waals surface area contributed by atoms with E-state index in [2.05, 4.69) is 25.6 Å². The lowest BCUT2D eigenvalue weighted by atomic mass is 9.79. The third kappa shape index (κ3) is 5.49. The molecule has 2 aliphatic heterocycles. The van der Waals surface area contributed by atoms with Crippen molar-refractivity contribution >= 4 is 38.3 Å². The van der Waals surface area contributed by atoms with Crippen molar-refractivity contribution in [2.45, 2.75) is 109 Å². The lowest BCUT2D eigenvalue weighted by Crippen LogP contribution is -2.44. The third-order valence-electron chi connectivity index (χ3n) is 12.1. The van der Waals surface area contributed by atoms with E-state index in [1.54, 1.807) is 33.9 Å². The van der Waals surface area contributed by atoms with Gasteiger partial charge in [-0.05, 0) is 93.2 Å². The molecule has 3 aliphatic carbocycles. The number of piperidine rings is 1. The van der Waals surface area contributed by atoms with E-state index in [1.807, 2.05) is 17.0 Å². The van der Waals surface area contributed by atoms with E-state index in [1.165, 1.54) is 41.7 Å². The number of likely N-dealkylation sites (tertiary alicyclic amines) is 1. The van der Waals surface area contributed by atoms with Crippen molar-refractivity contribution < 1.29 is 27.2 Å². The molecule has 4 heterocycles. The van der Waals surface area contributed by atoms with Crippen LogP contribution in [0.2, 0.25) is 0 Å². The lowest BCUT2D eigenvalue weighted by molar-refractivity contribution is -0.139. The molecule has 1 saturated heterocycles. The van der Waals surface area contributed by atoms with Gasteiger partial charge < -0.3 is 18.6 Å². The zero-order chi connectivity index (χ0) is 34.9. The largest absolute Gasteiger partial charge is 0.501 e. The first-order valence-corrected chi connectivity index (χ1v) is 19.8. The molecule has 11 nitrogen and oxygen atoms in total. The number of carbonyl (C=O) groups excluding carboxylic acids is 2. The predicted octanol–water partition coefficient (Wildman–Crippen LogP) is 6.35. The van der Waals surface area contributed by atoms with Crippen LogP contribution in [0.3, 0.4) is 0 Å². The van der Waals surface area contributed by atoms with Crippen LogP contribution in [0.4, 0.5) is 0 Å². The highest BCUT2D eigenvalue weighted by Gasteiger charge is 2.64. The summed E-state index contributed by atoms with van der Waals surface area (Å²) in [5.41, 5.74) is 5.60. The summed E-state index contributed by atoms with van der Waals surface area (Å²) >= 11 is 0. The summed E-state index contributed by atoms with van der Waals surface area (Å²) < 4.78 is 41.5. The number of hydrogen-bond acceptors (Lipinski definition) is 8. The van der Waals surface area contributed by atoms with Gasteiger partial charge in [-0.2, -0.15) is 0 Å². The molecule has 5 aliphatic rings. The summed E-state index contributed by atoms with van der Waals surface area (Å²) in [7, 11) is -2.08. The number of nitrogens with one attached hydrogen (secondary N) is 1. The quantitative estimate of drug-likeness (QED) is 0.301. The first-order valence-electron chi connectivity index (χ1n) is 18.3. The van der Waals surface area contributed by atoms with Crippen LogP contribution >= 0.6 is 0 Å². The van der Waals surface area contributed by atoms with Gasteiger partial charge in [0.2, 0.25) is 27.7 Å². The Labute approximate surface area is 293 Å². The van der Waals surface area contributed by atoms with Gasteiger partial charge in [0.05, 0.1) is 23.5 Å². The van der Waals surface area contributed by atoms with Gasteiger partial charge >= 0.3 is 0 Å². The summed E-state index contributed by atoms with van der Waals surface area (Å²) in [5.74, 6) is 2.29. The maximum Gasteiger partial charge on any atom is 0.264 e. The molecule has 0 spiro atoms. The highest BCUT2D eigenvalue weighted by Crippen LogP contribution is 2.64. The number of aromatic nitrogens is 3. The molecule has 2 unspecified atom stereocenters. The summed E-state index contributed by atoms with van der Waals surface area (Å²) in [6.07, 6.45) is 11.9. The Hall–Kier alpha value is -3.93. The van der Waals surface area contributed by atoms with E-state index >= 15 is 0 Å². The Morgan fingerprint density at radius 1 is 1.04 bits per heavy atom. The zero-order valence-corrected chi connectivity index (χ0v) is 30.3. The minimum Gasteiger partial charge on any atom is -0.501 e. The number of rotatable bonds is 7. The molecule has 8 rings (SSSR count). The van der Waals surface area contributed by atoms with E-state index in [0.717, 1.165) is 61.6 Å². The number of fused-ring (bicyclic) bond motifs is 6.